The molecule has 116 valence electrons. The molecule has 0 fully saturated rings. The van der Waals surface area contributed by atoms with E-state index in [2.05, 4.69) is 48.6 Å². The number of benzene rings is 1. The summed E-state index contributed by atoms with van der Waals surface area (Å²) in [6.45, 7) is 6.16. The number of hydrazone groups is 1. The van der Waals surface area contributed by atoms with E-state index in [1.165, 1.54) is 10.4 Å². The molecule has 0 aliphatic carbocycles. The Morgan fingerprint density at radius 3 is 2.50 bits per heavy atom. The van der Waals surface area contributed by atoms with E-state index in [0.29, 0.717) is 5.56 Å². The van der Waals surface area contributed by atoms with Crippen molar-refractivity contribution in [3.63, 3.8) is 0 Å². The van der Waals surface area contributed by atoms with Gasteiger partial charge in [-0.3, -0.25) is 4.79 Å². The highest BCUT2D eigenvalue weighted by atomic mass is 32.1. The zero-order valence-corrected chi connectivity index (χ0v) is 14.2. The first kappa shape index (κ1) is 16.4. The normalized spacial score (nSPS) is 11.5. The van der Waals surface area contributed by atoms with Gasteiger partial charge in [-0.25, -0.2) is 5.43 Å². The SMILES string of the molecule is CCCc1ccc(/C(C)=N/NC(=O)c2csc(CC)c2)cc1. The van der Waals surface area contributed by atoms with Gasteiger partial charge in [0.05, 0.1) is 11.3 Å². The number of aryl methyl sites for hydroxylation is 2. The summed E-state index contributed by atoms with van der Waals surface area (Å²) in [4.78, 5) is 13.2. The molecule has 2 aromatic rings. The lowest BCUT2D eigenvalue weighted by molar-refractivity contribution is 0.0955. The lowest BCUT2D eigenvalue weighted by atomic mass is 10.1. The summed E-state index contributed by atoms with van der Waals surface area (Å²) in [5, 5.41) is 6.08. The van der Waals surface area contributed by atoms with Gasteiger partial charge in [-0.2, -0.15) is 5.10 Å². The van der Waals surface area contributed by atoms with Gasteiger partial charge in [0.1, 0.15) is 0 Å². The molecular weight excluding hydrogens is 292 g/mol. The largest absolute Gasteiger partial charge is 0.272 e. The quantitative estimate of drug-likeness (QED) is 0.622. The molecule has 0 spiro atoms. The minimum atomic E-state index is -0.155. The first-order chi connectivity index (χ1) is 10.6. The fraction of sp³-hybridized carbons (Fsp3) is 0.333. The molecule has 1 amide bonds. The Balaban J connectivity index is 2.00. The molecule has 0 unspecified atom stereocenters. The van der Waals surface area contributed by atoms with Crippen LogP contribution in [0.2, 0.25) is 0 Å². The van der Waals surface area contributed by atoms with Crippen LogP contribution in [0.3, 0.4) is 0 Å². The number of hydrogen-bond donors (Lipinski definition) is 1. The Morgan fingerprint density at radius 1 is 1.18 bits per heavy atom. The van der Waals surface area contributed by atoms with Crippen LogP contribution in [-0.4, -0.2) is 11.6 Å². The van der Waals surface area contributed by atoms with Crippen LogP contribution in [0.5, 0.6) is 0 Å². The summed E-state index contributed by atoms with van der Waals surface area (Å²) in [6.07, 6.45) is 3.18. The highest BCUT2D eigenvalue weighted by Gasteiger charge is 2.07. The van der Waals surface area contributed by atoms with E-state index in [0.717, 1.165) is 30.5 Å². The van der Waals surface area contributed by atoms with Crippen LogP contribution < -0.4 is 5.43 Å². The van der Waals surface area contributed by atoms with Gasteiger partial charge in [0, 0.05) is 10.3 Å². The predicted molar refractivity (Wildman–Crippen MR) is 93.8 cm³/mol. The molecular formula is C18H22N2OS. The fourth-order valence-corrected chi connectivity index (χ4v) is 2.97. The van der Waals surface area contributed by atoms with Crippen LogP contribution >= 0.6 is 11.3 Å². The Morgan fingerprint density at radius 2 is 1.91 bits per heavy atom. The summed E-state index contributed by atoms with van der Waals surface area (Å²) in [5.41, 5.74) is 6.47. The molecule has 4 heteroatoms. The number of nitrogens with zero attached hydrogens (tertiary/aromatic N) is 1. The number of hydrogen-bond acceptors (Lipinski definition) is 3. The van der Waals surface area contributed by atoms with Crippen molar-refractivity contribution >= 4 is 23.0 Å². The first-order valence-electron chi connectivity index (χ1n) is 7.65. The molecule has 1 heterocycles. The lowest BCUT2D eigenvalue weighted by Crippen LogP contribution is -2.18. The second-order valence-corrected chi connectivity index (χ2v) is 6.24. The Bertz CT molecular complexity index is 656. The van der Waals surface area contributed by atoms with Crippen molar-refractivity contribution < 1.29 is 4.79 Å². The summed E-state index contributed by atoms with van der Waals surface area (Å²) in [5.74, 6) is -0.155. The second kappa shape index (κ2) is 7.90. The molecule has 2 rings (SSSR count). The number of carbonyl (C=O) groups excluding carboxylic acids is 1. The van der Waals surface area contributed by atoms with Gasteiger partial charge in [-0.15, -0.1) is 11.3 Å². The van der Waals surface area contributed by atoms with E-state index in [9.17, 15) is 4.79 Å². The number of carbonyl (C=O) groups is 1. The molecule has 0 bridgehead atoms. The van der Waals surface area contributed by atoms with Gasteiger partial charge >= 0.3 is 0 Å². The summed E-state index contributed by atoms with van der Waals surface area (Å²) in [7, 11) is 0. The fourth-order valence-electron chi connectivity index (χ4n) is 2.15. The third-order valence-corrected chi connectivity index (χ3v) is 4.58. The molecule has 1 N–H and O–H groups in total. The smallest absolute Gasteiger partial charge is 0.267 e. The van der Waals surface area contributed by atoms with E-state index < -0.39 is 0 Å². The number of thiophene rings is 1. The van der Waals surface area contributed by atoms with E-state index in [1.54, 1.807) is 11.3 Å². The lowest BCUT2D eigenvalue weighted by Gasteiger charge is -2.04. The molecule has 0 radical (unpaired) electrons. The maximum absolute atomic E-state index is 12.0. The van der Waals surface area contributed by atoms with E-state index in [4.69, 9.17) is 0 Å². The molecule has 0 aliphatic rings. The van der Waals surface area contributed by atoms with E-state index in [-0.39, 0.29) is 5.91 Å². The van der Waals surface area contributed by atoms with Crippen molar-refractivity contribution in [2.75, 3.05) is 0 Å². The van der Waals surface area contributed by atoms with Gasteiger partial charge in [-0.05, 0) is 37.0 Å². The van der Waals surface area contributed by atoms with Gasteiger partial charge in [0.15, 0.2) is 0 Å². The third-order valence-electron chi connectivity index (χ3n) is 3.50. The van der Waals surface area contributed by atoms with Gasteiger partial charge in [0.25, 0.3) is 5.91 Å². The van der Waals surface area contributed by atoms with Crippen molar-refractivity contribution in [3.8, 4) is 0 Å². The molecule has 0 saturated heterocycles. The van der Waals surface area contributed by atoms with Crippen LogP contribution in [0.25, 0.3) is 0 Å². The zero-order chi connectivity index (χ0) is 15.9. The Hall–Kier alpha value is -1.94. The number of amides is 1. The van der Waals surface area contributed by atoms with E-state index in [1.807, 2.05) is 18.4 Å². The van der Waals surface area contributed by atoms with Crippen molar-refractivity contribution in [1.82, 2.24) is 5.43 Å². The molecule has 3 nitrogen and oxygen atoms in total. The molecule has 22 heavy (non-hydrogen) atoms. The minimum Gasteiger partial charge on any atom is -0.267 e. The van der Waals surface area contributed by atoms with Crippen molar-refractivity contribution in [2.24, 2.45) is 5.10 Å². The second-order valence-electron chi connectivity index (χ2n) is 5.24. The third kappa shape index (κ3) is 4.28. The highest BCUT2D eigenvalue weighted by Crippen LogP contribution is 2.15. The standard InChI is InChI=1S/C18H22N2OS/c1-4-6-14-7-9-15(10-8-14)13(3)19-20-18(21)16-11-17(5-2)22-12-16/h7-12H,4-6H2,1-3H3,(H,20,21)/b19-13+. The summed E-state index contributed by atoms with van der Waals surface area (Å²) in [6, 6.07) is 10.3. The Kier molecular flexibility index (Phi) is 5.90. The zero-order valence-electron chi connectivity index (χ0n) is 13.3. The van der Waals surface area contributed by atoms with Crippen molar-refractivity contribution in [1.29, 1.82) is 0 Å². The van der Waals surface area contributed by atoms with E-state index >= 15 is 0 Å². The van der Waals surface area contributed by atoms with Crippen LogP contribution in [-0.2, 0) is 12.8 Å². The molecule has 1 aromatic heterocycles. The summed E-state index contributed by atoms with van der Waals surface area (Å²) >= 11 is 1.61. The number of nitrogens with one attached hydrogen (secondary N) is 1. The molecule has 0 aliphatic heterocycles. The molecule has 1 aromatic carbocycles. The first-order valence-corrected chi connectivity index (χ1v) is 8.53. The van der Waals surface area contributed by atoms with Crippen LogP contribution in [0, 0.1) is 0 Å². The average Bonchev–Trinajstić information content (AvgIpc) is 3.02. The van der Waals surface area contributed by atoms with Crippen molar-refractivity contribution in [3.05, 3.63) is 57.3 Å². The van der Waals surface area contributed by atoms with Crippen LogP contribution in [0.1, 0.15) is 53.6 Å². The maximum Gasteiger partial charge on any atom is 0.272 e. The minimum absolute atomic E-state index is 0.155. The Labute approximate surface area is 136 Å². The summed E-state index contributed by atoms with van der Waals surface area (Å²) < 4.78 is 0. The van der Waals surface area contributed by atoms with Crippen LogP contribution in [0.4, 0.5) is 0 Å². The molecule has 0 atom stereocenters. The number of rotatable bonds is 6. The maximum atomic E-state index is 12.0. The molecule has 0 saturated carbocycles. The topological polar surface area (TPSA) is 41.5 Å². The monoisotopic (exact) mass is 314 g/mol. The van der Waals surface area contributed by atoms with Crippen molar-refractivity contribution in [2.45, 2.75) is 40.0 Å². The van der Waals surface area contributed by atoms with Crippen LogP contribution in [0.15, 0.2) is 40.8 Å². The van der Waals surface area contributed by atoms with Gasteiger partial charge in [-0.1, -0.05) is 44.5 Å². The average molecular weight is 314 g/mol. The highest BCUT2D eigenvalue weighted by molar-refractivity contribution is 7.10. The predicted octanol–water partition coefficient (Wildman–Crippen LogP) is 4.42. The van der Waals surface area contributed by atoms with Gasteiger partial charge < -0.3 is 0 Å². The van der Waals surface area contributed by atoms with Gasteiger partial charge in [0.2, 0.25) is 0 Å².